The van der Waals surface area contributed by atoms with Crippen LogP contribution in [0.25, 0.3) is 0 Å². The van der Waals surface area contributed by atoms with Gasteiger partial charge in [-0.3, -0.25) is 5.10 Å². The molecule has 8 heteroatoms. The Kier molecular flexibility index (Phi) is 4.90. The number of hydrogen-bond donors (Lipinski definition) is 2. The molecule has 2 rings (SSSR count). The molecule has 2 N–H and O–H groups in total. The van der Waals surface area contributed by atoms with Crippen molar-refractivity contribution in [1.82, 2.24) is 25.4 Å². The summed E-state index contributed by atoms with van der Waals surface area (Å²) in [7, 11) is 1.88. The summed E-state index contributed by atoms with van der Waals surface area (Å²) in [5.74, 6) is 1.49. The Hall–Kier alpha value is -1.83. The van der Waals surface area contributed by atoms with Crippen LogP contribution in [0.2, 0.25) is 0 Å². The van der Waals surface area contributed by atoms with Gasteiger partial charge >= 0.3 is 6.09 Å². The number of carbonyl (C=O) groups excluding carboxylic acids is 1. The highest BCUT2D eigenvalue weighted by atomic mass is 16.6. The van der Waals surface area contributed by atoms with Crippen molar-refractivity contribution in [3.63, 3.8) is 0 Å². The average molecular weight is 310 g/mol. The summed E-state index contributed by atoms with van der Waals surface area (Å²) >= 11 is 0. The Morgan fingerprint density at radius 3 is 2.50 bits per heavy atom. The van der Waals surface area contributed by atoms with Crippen LogP contribution in [0.3, 0.4) is 0 Å². The zero-order valence-corrected chi connectivity index (χ0v) is 14.0. The molecule has 0 aliphatic carbocycles. The molecule has 1 fully saturated rings. The molecule has 1 amide bonds. The van der Waals surface area contributed by atoms with Gasteiger partial charge in [0.05, 0.1) is 6.04 Å². The highest BCUT2D eigenvalue weighted by molar-refractivity contribution is 5.68. The van der Waals surface area contributed by atoms with Crippen LogP contribution in [0, 0.1) is 0 Å². The lowest BCUT2D eigenvalue weighted by molar-refractivity contribution is 0.0240. The van der Waals surface area contributed by atoms with Crippen molar-refractivity contribution < 1.29 is 9.53 Å². The maximum atomic E-state index is 12.0. The lowest BCUT2D eigenvalue weighted by atomic mass is 10.2. The summed E-state index contributed by atoms with van der Waals surface area (Å²) in [6.07, 6.45) is -0.258. The van der Waals surface area contributed by atoms with E-state index < -0.39 is 5.60 Å². The fourth-order valence-electron chi connectivity index (χ4n) is 2.15. The van der Waals surface area contributed by atoms with Crippen molar-refractivity contribution >= 4 is 12.0 Å². The third kappa shape index (κ3) is 4.09. The van der Waals surface area contributed by atoms with E-state index in [2.05, 4.69) is 25.4 Å². The monoisotopic (exact) mass is 310 g/mol. The van der Waals surface area contributed by atoms with Gasteiger partial charge in [0.1, 0.15) is 11.4 Å². The molecule has 2 heterocycles. The molecule has 1 unspecified atom stereocenters. The Bertz CT molecular complexity index is 502. The van der Waals surface area contributed by atoms with E-state index in [1.54, 1.807) is 4.90 Å². The number of piperazine rings is 1. The molecule has 1 atom stereocenters. The Morgan fingerprint density at radius 2 is 1.95 bits per heavy atom. The minimum atomic E-state index is -0.462. The molecular formula is C14H26N6O2. The second-order valence-electron chi connectivity index (χ2n) is 6.49. The third-order valence-corrected chi connectivity index (χ3v) is 3.55. The van der Waals surface area contributed by atoms with Gasteiger partial charge in [0.15, 0.2) is 0 Å². The molecule has 1 aliphatic rings. The van der Waals surface area contributed by atoms with Crippen LogP contribution in [0.1, 0.15) is 39.6 Å². The SMILES string of the molecule is CNC(C)c1nc(N2CCN(C(=O)OC(C)(C)C)CC2)n[nH]1. The standard InChI is InChI=1S/C14H26N6O2/c1-10(15-5)11-16-12(18-17-11)19-6-8-20(9-7-19)13(21)22-14(2,3)4/h10,15H,6-9H2,1-5H3,(H,16,17,18). The van der Waals surface area contributed by atoms with Gasteiger partial charge in [-0.05, 0) is 34.7 Å². The first-order chi connectivity index (χ1) is 10.3. The average Bonchev–Trinajstić information content (AvgIpc) is 2.94. The van der Waals surface area contributed by atoms with E-state index in [1.807, 2.05) is 34.7 Å². The first kappa shape index (κ1) is 16.5. The summed E-state index contributed by atoms with van der Waals surface area (Å²) in [4.78, 5) is 20.3. The topological polar surface area (TPSA) is 86.4 Å². The van der Waals surface area contributed by atoms with Gasteiger partial charge in [0, 0.05) is 26.2 Å². The molecule has 8 nitrogen and oxygen atoms in total. The number of rotatable bonds is 3. The van der Waals surface area contributed by atoms with Crippen molar-refractivity contribution in [2.75, 3.05) is 38.1 Å². The van der Waals surface area contributed by atoms with Crippen LogP contribution in [0.5, 0.6) is 0 Å². The van der Waals surface area contributed by atoms with Crippen LogP contribution < -0.4 is 10.2 Å². The predicted octanol–water partition coefficient (Wildman–Crippen LogP) is 1.14. The molecule has 0 saturated carbocycles. The van der Waals surface area contributed by atoms with Crippen LogP contribution in [-0.2, 0) is 4.74 Å². The number of H-pyrrole nitrogens is 1. The van der Waals surface area contributed by atoms with E-state index in [4.69, 9.17) is 4.74 Å². The Morgan fingerprint density at radius 1 is 1.32 bits per heavy atom. The van der Waals surface area contributed by atoms with Gasteiger partial charge in [0.25, 0.3) is 0 Å². The number of aromatic amines is 1. The Balaban J connectivity index is 1.89. The predicted molar refractivity (Wildman–Crippen MR) is 83.9 cm³/mol. The number of aromatic nitrogens is 3. The fourth-order valence-corrected chi connectivity index (χ4v) is 2.15. The number of anilines is 1. The van der Waals surface area contributed by atoms with Crippen molar-refractivity contribution in [3.8, 4) is 0 Å². The second-order valence-corrected chi connectivity index (χ2v) is 6.49. The molecule has 1 saturated heterocycles. The van der Waals surface area contributed by atoms with E-state index in [1.165, 1.54) is 0 Å². The van der Waals surface area contributed by atoms with E-state index in [-0.39, 0.29) is 12.1 Å². The molecule has 1 aliphatic heterocycles. The lowest BCUT2D eigenvalue weighted by Gasteiger charge is -2.35. The molecule has 0 spiro atoms. The first-order valence-electron chi connectivity index (χ1n) is 7.62. The van der Waals surface area contributed by atoms with Gasteiger partial charge in [-0.15, -0.1) is 5.10 Å². The summed E-state index contributed by atoms with van der Waals surface area (Å²) in [5, 5.41) is 10.3. The molecular weight excluding hydrogens is 284 g/mol. The fraction of sp³-hybridized carbons (Fsp3) is 0.786. The number of nitrogens with one attached hydrogen (secondary N) is 2. The molecule has 0 bridgehead atoms. The van der Waals surface area contributed by atoms with E-state index in [0.717, 1.165) is 5.82 Å². The normalized spacial score (nSPS) is 17.5. The molecule has 1 aromatic heterocycles. The van der Waals surface area contributed by atoms with Gasteiger partial charge in [-0.1, -0.05) is 0 Å². The lowest BCUT2D eigenvalue weighted by Crippen LogP contribution is -2.50. The maximum absolute atomic E-state index is 12.0. The van der Waals surface area contributed by atoms with Crippen LogP contribution in [-0.4, -0.2) is 65.0 Å². The number of carbonyl (C=O) groups is 1. The van der Waals surface area contributed by atoms with Gasteiger partial charge in [-0.25, -0.2) is 4.79 Å². The Labute approximate surface area is 131 Å². The number of hydrogen-bond acceptors (Lipinski definition) is 6. The number of nitrogens with zero attached hydrogens (tertiary/aromatic N) is 4. The first-order valence-corrected chi connectivity index (χ1v) is 7.62. The molecule has 1 aromatic rings. The van der Waals surface area contributed by atoms with Crippen LogP contribution in [0.15, 0.2) is 0 Å². The highest BCUT2D eigenvalue weighted by Crippen LogP contribution is 2.16. The maximum Gasteiger partial charge on any atom is 0.410 e. The van der Waals surface area contributed by atoms with Gasteiger partial charge < -0.3 is 19.9 Å². The van der Waals surface area contributed by atoms with Crippen molar-refractivity contribution in [3.05, 3.63) is 5.82 Å². The van der Waals surface area contributed by atoms with E-state index >= 15 is 0 Å². The third-order valence-electron chi connectivity index (χ3n) is 3.55. The summed E-state index contributed by atoms with van der Waals surface area (Å²) < 4.78 is 5.39. The summed E-state index contributed by atoms with van der Waals surface area (Å²) in [6, 6.07) is 0.129. The zero-order chi connectivity index (χ0) is 16.3. The highest BCUT2D eigenvalue weighted by Gasteiger charge is 2.27. The van der Waals surface area contributed by atoms with Crippen LogP contribution in [0.4, 0.5) is 10.7 Å². The summed E-state index contributed by atoms with van der Waals surface area (Å²) in [5.41, 5.74) is -0.462. The largest absolute Gasteiger partial charge is 0.444 e. The second kappa shape index (κ2) is 6.51. The zero-order valence-electron chi connectivity index (χ0n) is 14.0. The van der Waals surface area contributed by atoms with Gasteiger partial charge in [0.2, 0.25) is 5.95 Å². The number of amides is 1. The number of ether oxygens (including phenoxy) is 1. The minimum Gasteiger partial charge on any atom is -0.444 e. The molecule has 22 heavy (non-hydrogen) atoms. The van der Waals surface area contributed by atoms with Gasteiger partial charge in [-0.2, -0.15) is 4.98 Å². The van der Waals surface area contributed by atoms with Crippen LogP contribution >= 0.6 is 0 Å². The minimum absolute atomic E-state index is 0.129. The summed E-state index contributed by atoms with van der Waals surface area (Å²) in [6.45, 7) is 10.3. The molecule has 0 aromatic carbocycles. The molecule has 0 radical (unpaired) electrons. The van der Waals surface area contributed by atoms with Crippen molar-refractivity contribution in [1.29, 1.82) is 0 Å². The van der Waals surface area contributed by atoms with E-state index in [0.29, 0.717) is 32.1 Å². The van der Waals surface area contributed by atoms with Crippen molar-refractivity contribution in [2.24, 2.45) is 0 Å². The quantitative estimate of drug-likeness (QED) is 0.871. The smallest absolute Gasteiger partial charge is 0.410 e. The van der Waals surface area contributed by atoms with Crippen molar-refractivity contribution in [2.45, 2.75) is 39.3 Å². The molecule has 124 valence electrons. The van der Waals surface area contributed by atoms with E-state index in [9.17, 15) is 4.79 Å².